The molecule has 0 aliphatic heterocycles. The number of halogens is 2. The van der Waals surface area contributed by atoms with Gasteiger partial charge in [-0.1, -0.05) is 17.7 Å². The van der Waals surface area contributed by atoms with E-state index in [0.29, 0.717) is 17.3 Å². The summed E-state index contributed by atoms with van der Waals surface area (Å²) < 4.78 is 1.10. The van der Waals surface area contributed by atoms with Crippen molar-refractivity contribution in [2.45, 2.75) is 20.4 Å². The van der Waals surface area contributed by atoms with Crippen LogP contribution in [0.3, 0.4) is 0 Å². The lowest BCUT2D eigenvalue weighted by atomic mass is 10.1. The molecule has 22 heavy (non-hydrogen) atoms. The van der Waals surface area contributed by atoms with Crippen molar-refractivity contribution in [3.05, 3.63) is 49.1 Å². The van der Waals surface area contributed by atoms with Crippen molar-refractivity contribution < 1.29 is 4.79 Å². The standard InChI is InChI=1S/C16H18BrClN2OS/c1-10-6-11(2)16(13(18)7-10)19-15(21)9-20(3)8-12-4-5-14(17)22-12/h4-7H,8-9H2,1-3H3,(H,19,21). The number of carbonyl (C=O) groups excluding carboxylic acids is 1. The number of hydrogen-bond donors (Lipinski definition) is 1. The molecule has 2 rings (SSSR count). The molecule has 0 bridgehead atoms. The Morgan fingerprint density at radius 3 is 2.68 bits per heavy atom. The second-order valence-electron chi connectivity index (χ2n) is 5.36. The van der Waals surface area contributed by atoms with Crippen LogP contribution in [-0.2, 0) is 11.3 Å². The smallest absolute Gasteiger partial charge is 0.238 e. The number of amides is 1. The molecule has 118 valence electrons. The Morgan fingerprint density at radius 1 is 1.36 bits per heavy atom. The predicted octanol–water partition coefficient (Wildman–Crippen LogP) is 4.85. The quantitative estimate of drug-likeness (QED) is 0.776. The molecule has 1 N–H and O–H groups in total. The molecule has 0 saturated heterocycles. The third kappa shape index (κ3) is 4.81. The van der Waals surface area contributed by atoms with Gasteiger partial charge in [0.25, 0.3) is 0 Å². The molecule has 1 aromatic carbocycles. The minimum Gasteiger partial charge on any atom is -0.323 e. The highest BCUT2D eigenvalue weighted by atomic mass is 79.9. The van der Waals surface area contributed by atoms with Crippen LogP contribution in [0.25, 0.3) is 0 Å². The van der Waals surface area contributed by atoms with E-state index in [-0.39, 0.29) is 5.91 Å². The van der Waals surface area contributed by atoms with Gasteiger partial charge in [-0.15, -0.1) is 11.3 Å². The molecule has 0 unspecified atom stereocenters. The Balaban J connectivity index is 1.95. The van der Waals surface area contributed by atoms with Crippen molar-refractivity contribution in [2.24, 2.45) is 0 Å². The molecule has 0 radical (unpaired) electrons. The molecule has 0 atom stereocenters. The molecule has 1 amide bonds. The fourth-order valence-electron chi connectivity index (χ4n) is 2.26. The minimum atomic E-state index is -0.0630. The number of likely N-dealkylation sites (N-methyl/N-ethyl adjacent to an activating group) is 1. The van der Waals surface area contributed by atoms with Gasteiger partial charge in [0.15, 0.2) is 0 Å². The zero-order valence-electron chi connectivity index (χ0n) is 12.7. The molecule has 1 aromatic heterocycles. The minimum absolute atomic E-state index is 0.0630. The van der Waals surface area contributed by atoms with E-state index >= 15 is 0 Å². The van der Waals surface area contributed by atoms with Crippen LogP contribution in [0.1, 0.15) is 16.0 Å². The van der Waals surface area contributed by atoms with Gasteiger partial charge in [-0.25, -0.2) is 0 Å². The predicted molar refractivity (Wildman–Crippen MR) is 97.9 cm³/mol. The molecule has 1 heterocycles. The van der Waals surface area contributed by atoms with Crippen molar-refractivity contribution >= 4 is 50.5 Å². The van der Waals surface area contributed by atoms with Gasteiger partial charge in [0.2, 0.25) is 5.91 Å². The van der Waals surface area contributed by atoms with Crippen LogP contribution in [0.5, 0.6) is 0 Å². The Kier molecular flexibility index (Phi) is 6.03. The summed E-state index contributed by atoms with van der Waals surface area (Å²) in [5.74, 6) is -0.0630. The SMILES string of the molecule is Cc1cc(C)c(NC(=O)CN(C)Cc2ccc(Br)s2)c(Cl)c1. The van der Waals surface area contributed by atoms with E-state index in [9.17, 15) is 4.79 Å². The molecule has 0 spiro atoms. The lowest BCUT2D eigenvalue weighted by molar-refractivity contribution is -0.117. The zero-order chi connectivity index (χ0) is 16.3. The topological polar surface area (TPSA) is 32.3 Å². The number of anilines is 1. The molecule has 0 aliphatic carbocycles. The van der Waals surface area contributed by atoms with Crippen molar-refractivity contribution in [3.8, 4) is 0 Å². The lowest BCUT2D eigenvalue weighted by Gasteiger charge is -2.17. The number of thiophene rings is 1. The summed E-state index contributed by atoms with van der Waals surface area (Å²) >= 11 is 11.3. The Hall–Kier alpha value is -0.880. The van der Waals surface area contributed by atoms with Crippen LogP contribution in [0.2, 0.25) is 5.02 Å². The van der Waals surface area contributed by atoms with Crippen LogP contribution in [0.15, 0.2) is 28.1 Å². The maximum Gasteiger partial charge on any atom is 0.238 e. The highest BCUT2D eigenvalue weighted by Gasteiger charge is 2.12. The summed E-state index contributed by atoms with van der Waals surface area (Å²) in [6.07, 6.45) is 0. The normalized spacial score (nSPS) is 11.0. The summed E-state index contributed by atoms with van der Waals surface area (Å²) in [6.45, 7) is 4.99. The molecule has 3 nitrogen and oxygen atoms in total. The monoisotopic (exact) mass is 400 g/mol. The summed E-state index contributed by atoms with van der Waals surface area (Å²) in [5.41, 5.74) is 2.76. The fraction of sp³-hybridized carbons (Fsp3) is 0.312. The van der Waals surface area contributed by atoms with Gasteiger partial charge in [0.1, 0.15) is 0 Å². The number of hydrogen-bond acceptors (Lipinski definition) is 3. The molecular weight excluding hydrogens is 384 g/mol. The van der Waals surface area contributed by atoms with E-state index in [4.69, 9.17) is 11.6 Å². The fourth-order valence-corrected chi connectivity index (χ4v) is 4.19. The van der Waals surface area contributed by atoms with E-state index in [1.54, 1.807) is 11.3 Å². The van der Waals surface area contributed by atoms with Gasteiger partial charge >= 0.3 is 0 Å². The summed E-state index contributed by atoms with van der Waals surface area (Å²) in [4.78, 5) is 15.4. The molecular formula is C16H18BrClN2OS. The third-order valence-electron chi connectivity index (χ3n) is 3.16. The van der Waals surface area contributed by atoms with E-state index in [1.807, 2.05) is 44.0 Å². The van der Waals surface area contributed by atoms with Crippen LogP contribution >= 0.6 is 38.9 Å². The summed E-state index contributed by atoms with van der Waals surface area (Å²) in [6, 6.07) is 7.94. The number of benzene rings is 1. The number of nitrogens with zero attached hydrogens (tertiary/aromatic N) is 1. The first-order valence-electron chi connectivity index (χ1n) is 6.84. The number of aryl methyl sites for hydroxylation is 2. The first-order chi connectivity index (χ1) is 10.3. The van der Waals surface area contributed by atoms with E-state index < -0.39 is 0 Å². The average Bonchev–Trinajstić information content (AvgIpc) is 2.79. The second-order valence-corrected chi connectivity index (χ2v) is 8.32. The van der Waals surface area contributed by atoms with Crippen molar-refractivity contribution in [1.29, 1.82) is 0 Å². The average molecular weight is 402 g/mol. The van der Waals surface area contributed by atoms with Gasteiger partial charge in [-0.05, 0) is 66.2 Å². The first kappa shape index (κ1) is 17.5. The molecule has 6 heteroatoms. The van der Waals surface area contributed by atoms with Crippen molar-refractivity contribution in [1.82, 2.24) is 4.90 Å². The van der Waals surface area contributed by atoms with Crippen molar-refractivity contribution in [3.63, 3.8) is 0 Å². The maximum absolute atomic E-state index is 12.2. The Bertz CT molecular complexity index is 664. The van der Waals surface area contributed by atoms with Gasteiger partial charge in [-0.2, -0.15) is 0 Å². The molecule has 0 saturated carbocycles. The van der Waals surface area contributed by atoms with Gasteiger partial charge in [0.05, 0.1) is 21.0 Å². The molecule has 0 aliphatic rings. The van der Waals surface area contributed by atoms with E-state index in [2.05, 4.69) is 27.3 Å². The lowest BCUT2D eigenvalue weighted by Crippen LogP contribution is -2.29. The Morgan fingerprint density at radius 2 is 2.09 bits per heavy atom. The maximum atomic E-state index is 12.2. The summed E-state index contributed by atoms with van der Waals surface area (Å²) in [5, 5.41) is 3.49. The zero-order valence-corrected chi connectivity index (χ0v) is 15.9. The number of carbonyl (C=O) groups is 1. The van der Waals surface area contributed by atoms with Crippen LogP contribution in [-0.4, -0.2) is 24.4 Å². The van der Waals surface area contributed by atoms with Gasteiger partial charge in [-0.3, -0.25) is 9.69 Å². The highest BCUT2D eigenvalue weighted by Crippen LogP contribution is 2.27. The number of rotatable bonds is 5. The van der Waals surface area contributed by atoms with Crippen molar-refractivity contribution in [2.75, 3.05) is 18.9 Å². The van der Waals surface area contributed by atoms with Gasteiger partial charge in [0, 0.05) is 11.4 Å². The second kappa shape index (κ2) is 7.59. The van der Waals surface area contributed by atoms with E-state index in [0.717, 1.165) is 21.5 Å². The molecule has 2 aromatic rings. The first-order valence-corrected chi connectivity index (χ1v) is 8.83. The number of nitrogens with one attached hydrogen (secondary N) is 1. The van der Waals surface area contributed by atoms with Crippen LogP contribution in [0.4, 0.5) is 5.69 Å². The molecule has 0 fully saturated rings. The largest absolute Gasteiger partial charge is 0.323 e. The van der Waals surface area contributed by atoms with Gasteiger partial charge < -0.3 is 5.32 Å². The third-order valence-corrected chi connectivity index (χ3v) is 5.07. The van der Waals surface area contributed by atoms with Crippen LogP contribution in [0, 0.1) is 13.8 Å². The highest BCUT2D eigenvalue weighted by molar-refractivity contribution is 9.11. The van der Waals surface area contributed by atoms with Crippen LogP contribution < -0.4 is 5.32 Å². The Labute approximate surface area is 148 Å². The van der Waals surface area contributed by atoms with E-state index in [1.165, 1.54) is 4.88 Å². The summed E-state index contributed by atoms with van der Waals surface area (Å²) in [7, 11) is 1.93.